The van der Waals surface area contributed by atoms with Crippen LogP contribution in [0.25, 0.3) is 0 Å². The van der Waals surface area contributed by atoms with Crippen molar-refractivity contribution in [1.29, 1.82) is 0 Å². The minimum atomic E-state index is 0.196. The van der Waals surface area contributed by atoms with E-state index in [0.717, 1.165) is 24.3 Å². The molecule has 0 saturated carbocycles. The molecular formula is C13H21NO2. The van der Waals surface area contributed by atoms with Gasteiger partial charge in [-0.2, -0.15) is 0 Å². The second-order valence-electron chi connectivity index (χ2n) is 3.86. The largest absolute Gasteiger partial charge is 0.493 e. The van der Waals surface area contributed by atoms with Gasteiger partial charge in [0, 0.05) is 0 Å². The molecule has 0 fully saturated rings. The molecule has 2 N–H and O–H groups in total. The van der Waals surface area contributed by atoms with Crippen LogP contribution in [0.15, 0.2) is 18.2 Å². The Bertz CT molecular complexity index is 326. The van der Waals surface area contributed by atoms with Gasteiger partial charge < -0.3 is 15.2 Å². The van der Waals surface area contributed by atoms with Crippen molar-refractivity contribution in [2.75, 3.05) is 13.7 Å². The zero-order valence-electron chi connectivity index (χ0n) is 10.3. The van der Waals surface area contributed by atoms with Gasteiger partial charge in [-0.1, -0.05) is 13.0 Å². The van der Waals surface area contributed by atoms with Crippen molar-refractivity contribution in [3.63, 3.8) is 0 Å². The Balaban J connectivity index is 2.88. The molecular weight excluding hydrogens is 202 g/mol. The maximum atomic E-state index is 5.81. The van der Waals surface area contributed by atoms with Crippen molar-refractivity contribution in [2.24, 2.45) is 5.73 Å². The number of hydrogen-bond acceptors (Lipinski definition) is 3. The number of benzene rings is 1. The first-order valence-corrected chi connectivity index (χ1v) is 5.74. The van der Waals surface area contributed by atoms with Crippen LogP contribution in [0.2, 0.25) is 0 Å². The van der Waals surface area contributed by atoms with Gasteiger partial charge in [0.05, 0.1) is 13.2 Å². The summed E-state index contributed by atoms with van der Waals surface area (Å²) in [7, 11) is 1.65. The first-order chi connectivity index (χ1) is 7.71. The third kappa shape index (κ3) is 3.42. The summed E-state index contributed by atoms with van der Waals surface area (Å²) in [5.41, 5.74) is 6.72. The van der Waals surface area contributed by atoms with Crippen LogP contribution in [0.1, 0.15) is 25.8 Å². The van der Waals surface area contributed by atoms with Crippen molar-refractivity contribution in [3.05, 3.63) is 23.8 Å². The van der Waals surface area contributed by atoms with Crippen molar-refractivity contribution in [3.8, 4) is 11.5 Å². The average Bonchev–Trinajstić information content (AvgIpc) is 2.30. The topological polar surface area (TPSA) is 44.5 Å². The van der Waals surface area contributed by atoms with E-state index in [1.54, 1.807) is 7.11 Å². The highest BCUT2D eigenvalue weighted by Crippen LogP contribution is 2.29. The van der Waals surface area contributed by atoms with Gasteiger partial charge in [-0.15, -0.1) is 0 Å². The number of rotatable bonds is 6. The van der Waals surface area contributed by atoms with Crippen LogP contribution < -0.4 is 15.2 Å². The lowest BCUT2D eigenvalue weighted by Gasteiger charge is -2.16. The summed E-state index contributed by atoms with van der Waals surface area (Å²) < 4.78 is 11.1. The molecule has 0 saturated heterocycles. The highest BCUT2D eigenvalue weighted by Gasteiger charge is 2.08. The molecule has 0 aliphatic heterocycles. The van der Waals surface area contributed by atoms with Crippen molar-refractivity contribution in [1.82, 2.24) is 0 Å². The molecule has 0 radical (unpaired) electrons. The van der Waals surface area contributed by atoms with E-state index < -0.39 is 0 Å². The Kier molecular flexibility index (Phi) is 5.12. The minimum Gasteiger partial charge on any atom is -0.493 e. The molecule has 1 aromatic rings. The van der Waals surface area contributed by atoms with Gasteiger partial charge in [0.25, 0.3) is 0 Å². The highest BCUT2D eigenvalue weighted by atomic mass is 16.5. The summed E-state index contributed by atoms with van der Waals surface area (Å²) in [6, 6.07) is 5.97. The lowest BCUT2D eigenvalue weighted by molar-refractivity contribution is 0.207. The average molecular weight is 223 g/mol. The van der Waals surface area contributed by atoms with Gasteiger partial charge >= 0.3 is 0 Å². The van der Waals surface area contributed by atoms with Crippen LogP contribution in [0.4, 0.5) is 0 Å². The molecule has 90 valence electrons. The molecule has 1 rings (SSSR count). The Hall–Kier alpha value is -1.22. The predicted octanol–water partition coefficient (Wildman–Crippen LogP) is 2.37. The first-order valence-electron chi connectivity index (χ1n) is 5.74. The molecule has 0 heterocycles. The Morgan fingerprint density at radius 3 is 2.62 bits per heavy atom. The number of ether oxygens (including phenoxy) is 2. The van der Waals surface area contributed by atoms with Crippen LogP contribution in [-0.4, -0.2) is 19.8 Å². The van der Waals surface area contributed by atoms with Crippen LogP contribution >= 0.6 is 0 Å². The third-order valence-electron chi connectivity index (χ3n) is 2.56. The molecule has 0 aromatic heterocycles. The molecule has 0 aliphatic rings. The maximum Gasteiger partial charge on any atom is 0.161 e. The Morgan fingerprint density at radius 2 is 2.06 bits per heavy atom. The summed E-state index contributed by atoms with van der Waals surface area (Å²) in [6.07, 6.45) is 2.03. The normalized spacial score (nSPS) is 12.2. The van der Waals surface area contributed by atoms with E-state index in [2.05, 4.69) is 13.8 Å². The molecule has 0 amide bonds. The summed E-state index contributed by atoms with van der Waals surface area (Å²) >= 11 is 0. The second kappa shape index (κ2) is 6.38. The molecule has 16 heavy (non-hydrogen) atoms. The zero-order valence-corrected chi connectivity index (χ0v) is 10.3. The van der Waals surface area contributed by atoms with Gasteiger partial charge in [-0.25, -0.2) is 0 Å². The number of methoxy groups -OCH3 is 1. The molecule has 1 unspecified atom stereocenters. The lowest BCUT2D eigenvalue weighted by atomic mass is 10.1. The fourth-order valence-electron chi connectivity index (χ4n) is 1.44. The monoisotopic (exact) mass is 223 g/mol. The number of hydrogen-bond donors (Lipinski definition) is 1. The standard InChI is InChI=1S/C13H21NO2/c1-4-10(2)16-13-9-11(7-8-14)5-6-12(13)15-3/h5-6,9-10H,4,7-8,14H2,1-3H3. The summed E-state index contributed by atoms with van der Waals surface area (Å²) in [5.74, 6) is 1.59. The molecule has 0 spiro atoms. The fraction of sp³-hybridized carbons (Fsp3) is 0.538. The fourth-order valence-corrected chi connectivity index (χ4v) is 1.44. The summed E-state index contributed by atoms with van der Waals surface area (Å²) in [4.78, 5) is 0. The maximum absolute atomic E-state index is 5.81. The Morgan fingerprint density at radius 1 is 1.31 bits per heavy atom. The smallest absolute Gasteiger partial charge is 0.161 e. The summed E-state index contributed by atoms with van der Waals surface area (Å²) in [5, 5.41) is 0. The number of nitrogens with two attached hydrogens (primary N) is 1. The SMILES string of the molecule is CCC(C)Oc1cc(CCN)ccc1OC. The van der Waals surface area contributed by atoms with E-state index >= 15 is 0 Å². The van der Waals surface area contributed by atoms with Crippen LogP contribution in [0.3, 0.4) is 0 Å². The van der Waals surface area contributed by atoms with Crippen molar-refractivity contribution < 1.29 is 9.47 Å². The molecule has 3 heteroatoms. The predicted molar refractivity (Wildman–Crippen MR) is 66.1 cm³/mol. The second-order valence-corrected chi connectivity index (χ2v) is 3.86. The highest BCUT2D eigenvalue weighted by molar-refractivity contribution is 5.43. The van der Waals surface area contributed by atoms with Crippen molar-refractivity contribution >= 4 is 0 Å². The van der Waals surface area contributed by atoms with E-state index in [-0.39, 0.29) is 6.10 Å². The molecule has 1 atom stereocenters. The van der Waals surface area contributed by atoms with Gasteiger partial charge in [-0.05, 0) is 44.0 Å². The Labute approximate surface area is 97.6 Å². The van der Waals surface area contributed by atoms with Crippen LogP contribution in [0, 0.1) is 0 Å². The van der Waals surface area contributed by atoms with E-state index in [0.29, 0.717) is 6.54 Å². The third-order valence-corrected chi connectivity index (χ3v) is 2.56. The molecule has 0 aliphatic carbocycles. The molecule has 0 bridgehead atoms. The van der Waals surface area contributed by atoms with E-state index in [4.69, 9.17) is 15.2 Å². The zero-order chi connectivity index (χ0) is 12.0. The van der Waals surface area contributed by atoms with Crippen LogP contribution in [0.5, 0.6) is 11.5 Å². The first kappa shape index (κ1) is 12.8. The van der Waals surface area contributed by atoms with Crippen molar-refractivity contribution in [2.45, 2.75) is 32.8 Å². The summed E-state index contributed by atoms with van der Waals surface area (Å²) in [6.45, 7) is 4.80. The van der Waals surface area contributed by atoms with Gasteiger partial charge in [0.15, 0.2) is 11.5 Å². The van der Waals surface area contributed by atoms with E-state index in [1.165, 1.54) is 5.56 Å². The quantitative estimate of drug-likeness (QED) is 0.805. The molecule has 3 nitrogen and oxygen atoms in total. The van der Waals surface area contributed by atoms with E-state index in [9.17, 15) is 0 Å². The van der Waals surface area contributed by atoms with Gasteiger partial charge in [0.1, 0.15) is 0 Å². The van der Waals surface area contributed by atoms with E-state index in [1.807, 2.05) is 18.2 Å². The minimum absolute atomic E-state index is 0.196. The van der Waals surface area contributed by atoms with Crippen LogP contribution in [-0.2, 0) is 6.42 Å². The lowest BCUT2D eigenvalue weighted by Crippen LogP contribution is -2.11. The van der Waals surface area contributed by atoms with Gasteiger partial charge in [0.2, 0.25) is 0 Å². The van der Waals surface area contributed by atoms with Gasteiger partial charge in [-0.3, -0.25) is 0 Å². The molecule has 1 aromatic carbocycles.